The van der Waals surface area contributed by atoms with E-state index in [1.807, 2.05) is 0 Å². The van der Waals surface area contributed by atoms with Gasteiger partial charge in [-0.15, -0.1) is 0 Å². The summed E-state index contributed by atoms with van der Waals surface area (Å²) < 4.78 is 19.2. The number of carbonyl (C=O) groups excluding carboxylic acids is 2. The molecule has 0 aliphatic carbocycles. The lowest BCUT2D eigenvalue weighted by Crippen LogP contribution is -2.27. The average molecular weight is 240 g/mol. The molecule has 0 spiro atoms. The molecule has 0 saturated heterocycles. The van der Waals surface area contributed by atoms with Crippen molar-refractivity contribution in [1.29, 1.82) is 0 Å². The highest BCUT2D eigenvalue weighted by Crippen LogP contribution is 2.36. The predicted octanol–water partition coefficient (Wildman–Crippen LogP) is -0.484. The van der Waals surface area contributed by atoms with Crippen LogP contribution < -0.4 is 0 Å². The normalized spacial score (nSPS) is 11.3. The molecule has 15 heavy (non-hydrogen) atoms. The molecule has 0 unspecified atom stereocenters. The molecule has 0 aromatic rings. The maximum atomic E-state index is 11.1. The van der Waals surface area contributed by atoms with E-state index in [1.165, 1.54) is 0 Å². The number of ether oxygens (including phenoxy) is 2. The van der Waals surface area contributed by atoms with Gasteiger partial charge in [0.15, 0.2) is 5.92 Å². The van der Waals surface area contributed by atoms with Gasteiger partial charge in [-0.25, -0.2) is 0 Å². The van der Waals surface area contributed by atoms with Gasteiger partial charge in [0.2, 0.25) is 0 Å². The Morgan fingerprint density at radius 2 is 1.60 bits per heavy atom. The van der Waals surface area contributed by atoms with Crippen molar-refractivity contribution < 1.29 is 33.4 Å². The summed E-state index contributed by atoms with van der Waals surface area (Å²) in [5, 5.41) is 0. The van der Waals surface area contributed by atoms with E-state index in [4.69, 9.17) is 9.79 Å². The lowest BCUT2D eigenvalue weighted by molar-refractivity contribution is -0.158. The molecule has 0 atom stereocenters. The van der Waals surface area contributed by atoms with Crippen LogP contribution in [0.25, 0.3) is 0 Å². The third kappa shape index (κ3) is 5.51. The molecule has 0 heterocycles. The van der Waals surface area contributed by atoms with Crippen molar-refractivity contribution in [3.63, 3.8) is 0 Å². The Morgan fingerprint density at radius 3 is 1.87 bits per heavy atom. The number of methoxy groups -OCH3 is 2. The summed E-state index contributed by atoms with van der Waals surface area (Å²) in [6.45, 7) is 0. The van der Waals surface area contributed by atoms with Crippen molar-refractivity contribution in [2.24, 2.45) is 5.92 Å². The van der Waals surface area contributed by atoms with Crippen LogP contribution in [0.3, 0.4) is 0 Å². The molecule has 0 aromatic heterocycles. The van der Waals surface area contributed by atoms with Crippen LogP contribution >= 0.6 is 7.60 Å². The molecular weight excluding hydrogens is 227 g/mol. The van der Waals surface area contributed by atoms with Crippen LogP contribution in [0.2, 0.25) is 0 Å². The monoisotopic (exact) mass is 240 g/mol. The second kappa shape index (κ2) is 5.85. The largest absolute Gasteiger partial charge is 0.468 e. The van der Waals surface area contributed by atoms with Gasteiger partial charge in [0.05, 0.1) is 20.4 Å². The highest BCUT2D eigenvalue weighted by molar-refractivity contribution is 7.51. The first kappa shape index (κ1) is 14.1. The lowest BCUT2D eigenvalue weighted by Gasteiger charge is -2.12. The second-order valence-electron chi connectivity index (χ2n) is 2.78. The van der Waals surface area contributed by atoms with Gasteiger partial charge < -0.3 is 19.3 Å². The Labute approximate surface area is 86.5 Å². The highest BCUT2D eigenvalue weighted by Gasteiger charge is 2.30. The molecule has 0 fully saturated rings. The lowest BCUT2D eigenvalue weighted by atomic mass is 10.1. The van der Waals surface area contributed by atoms with E-state index in [1.54, 1.807) is 0 Å². The van der Waals surface area contributed by atoms with Crippen LogP contribution in [-0.2, 0) is 23.6 Å². The predicted molar refractivity (Wildman–Crippen MR) is 49.1 cm³/mol. The molecule has 0 saturated carbocycles. The molecule has 8 heteroatoms. The maximum Gasteiger partial charge on any atom is 0.325 e. The van der Waals surface area contributed by atoms with E-state index < -0.39 is 31.6 Å². The number of carbonyl (C=O) groups is 2. The molecule has 7 nitrogen and oxygen atoms in total. The summed E-state index contributed by atoms with van der Waals surface area (Å²) in [4.78, 5) is 39.3. The Kier molecular flexibility index (Phi) is 5.49. The van der Waals surface area contributed by atoms with Gasteiger partial charge in [-0.2, -0.15) is 0 Å². The van der Waals surface area contributed by atoms with E-state index in [0.29, 0.717) is 0 Å². The van der Waals surface area contributed by atoms with Crippen LogP contribution in [-0.4, -0.2) is 42.1 Å². The van der Waals surface area contributed by atoms with E-state index in [0.717, 1.165) is 14.2 Å². The Bertz CT molecular complexity index is 265. The summed E-state index contributed by atoms with van der Waals surface area (Å²) in [5.41, 5.74) is 0. The van der Waals surface area contributed by atoms with E-state index in [-0.39, 0.29) is 6.42 Å². The third-order valence-corrected chi connectivity index (χ3v) is 2.52. The maximum absolute atomic E-state index is 11.1. The first-order chi connectivity index (χ1) is 6.81. The van der Waals surface area contributed by atoms with Crippen molar-refractivity contribution in [1.82, 2.24) is 0 Å². The summed E-state index contributed by atoms with van der Waals surface area (Å²) in [6, 6.07) is 0. The highest BCUT2D eigenvalue weighted by atomic mass is 31.2. The minimum atomic E-state index is -4.24. The number of esters is 2. The molecule has 0 aromatic carbocycles. The third-order valence-electron chi connectivity index (χ3n) is 1.68. The quantitative estimate of drug-likeness (QED) is 0.379. The average Bonchev–Trinajstić information content (AvgIpc) is 2.15. The molecule has 0 radical (unpaired) electrons. The van der Waals surface area contributed by atoms with Crippen molar-refractivity contribution in [2.45, 2.75) is 6.42 Å². The zero-order valence-electron chi connectivity index (χ0n) is 8.37. The van der Waals surface area contributed by atoms with Gasteiger partial charge in [0.25, 0.3) is 0 Å². The molecule has 2 N–H and O–H groups in total. The van der Waals surface area contributed by atoms with Crippen LogP contribution in [0.5, 0.6) is 0 Å². The van der Waals surface area contributed by atoms with E-state index in [9.17, 15) is 14.2 Å². The fourth-order valence-corrected chi connectivity index (χ4v) is 1.51. The van der Waals surface area contributed by atoms with Crippen molar-refractivity contribution in [2.75, 3.05) is 20.4 Å². The van der Waals surface area contributed by atoms with Gasteiger partial charge in [-0.1, -0.05) is 0 Å². The zero-order valence-corrected chi connectivity index (χ0v) is 9.27. The molecule has 0 rings (SSSR count). The fourth-order valence-electron chi connectivity index (χ4n) is 0.914. The molecule has 88 valence electrons. The van der Waals surface area contributed by atoms with Gasteiger partial charge in [-0.05, 0) is 6.42 Å². The van der Waals surface area contributed by atoms with Crippen LogP contribution in [0.15, 0.2) is 0 Å². The van der Waals surface area contributed by atoms with Crippen LogP contribution in [0, 0.1) is 5.92 Å². The fraction of sp³-hybridized carbons (Fsp3) is 0.714. The van der Waals surface area contributed by atoms with Crippen LogP contribution in [0.1, 0.15) is 6.42 Å². The Hall–Kier alpha value is -0.910. The molecular formula is C7H13O7P. The van der Waals surface area contributed by atoms with Crippen LogP contribution in [0.4, 0.5) is 0 Å². The summed E-state index contributed by atoms with van der Waals surface area (Å²) in [6.07, 6.45) is -0.870. The van der Waals surface area contributed by atoms with Crippen molar-refractivity contribution >= 4 is 19.5 Å². The summed E-state index contributed by atoms with van der Waals surface area (Å²) in [7, 11) is -2.08. The van der Waals surface area contributed by atoms with Gasteiger partial charge in [-0.3, -0.25) is 14.2 Å². The molecule has 0 amide bonds. The number of rotatable bonds is 5. The number of hydrogen-bond donors (Lipinski definition) is 2. The molecule has 0 aliphatic rings. The standard InChI is InChI=1S/C7H13O7P/c1-13-6(8)5(7(9)14-2)3-4-15(10,11)12/h5H,3-4H2,1-2H3,(H2,10,11,12). The van der Waals surface area contributed by atoms with Gasteiger partial charge >= 0.3 is 19.5 Å². The van der Waals surface area contributed by atoms with E-state index in [2.05, 4.69) is 9.47 Å². The second-order valence-corrected chi connectivity index (χ2v) is 4.55. The zero-order chi connectivity index (χ0) is 12.1. The molecule has 0 bridgehead atoms. The molecule has 0 aliphatic heterocycles. The minimum Gasteiger partial charge on any atom is -0.468 e. The summed E-state index contributed by atoms with van der Waals surface area (Å²) >= 11 is 0. The first-order valence-corrected chi connectivity index (χ1v) is 5.81. The first-order valence-electron chi connectivity index (χ1n) is 4.02. The minimum absolute atomic E-state index is 0.302. The Balaban J connectivity index is 4.46. The smallest absolute Gasteiger partial charge is 0.325 e. The topological polar surface area (TPSA) is 110 Å². The Morgan fingerprint density at radius 1 is 1.20 bits per heavy atom. The van der Waals surface area contributed by atoms with Gasteiger partial charge in [0, 0.05) is 0 Å². The van der Waals surface area contributed by atoms with Crippen molar-refractivity contribution in [3.05, 3.63) is 0 Å². The number of hydrogen-bond acceptors (Lipinski definition) is 5. The van der Waals surface area contributed by atoms with E-state index >= 15 is 0 Å². The SMILES string of the molecule is COC(=O)C(CCP(=O)(O)O)C(=O)OC. The van der Waals surface area contributed by atoms with Gasteiger partial charge in [0.1, 0.15) is 0 Å². The van der Waals surface area contributed by atoms with Crippen molar-refractivity contribution in [3.8, 4) is 0 Å². The summed E-state index contributed by atoms with van der Waals surface area (Å²) in [5.74, 6) is -3.02.